The van der Waals surface area contributed by atoms with Crippen LogP contribution in [0.3, 0.4) is 0 Å². The number of alkyl carbamates (subject to hydrolysis) is 1. The van der Waals surface area contributed by atoms with Crippen molar-refractivity contribution in [3.05, 3.63) is 35.9 Å². The molecule has 92 valence electrons. The maximum atomic E-state index is 11.2. The van der Waals surface area contributed by atoms with E-state index in [2.05, 4.69) is 10.1 Å². The molecule has 0 aromatic heterocycles. The van der Waals surface area contributed by atoms with Gasteiger partial charge in [0, 0.05) is 6.54 Å². The zero-order valence-electron chi connectivity index (χ0n) is 9.43. The van der Waals surface area contributed by atoms with E-state index >= 15 is 0 Å². The number of nitrogens with one attached hydrogen (secondary N) is 1. The Bertz CT molecular complexity index is 340. The lowest BCUT2D eigenvalue weighted by molar-refractivity contribution is -0.128. The number of ether oxygens (including phenoxy) is 2. The summed E-state index contributed by atoms with van der Waals surface area (Å²) in [6.07, 6.45) is 0.0964. The van der Waals surface area contributed by atoms with Gasteiger partial charge in [-0.3, -0.25) is 4.79 Å². The zero-order valence-corrected chi connectivity index (χ0v) is 9.43. The van der Waals surface area contributed by atoms with Crippen LogP contribution >= 0.6 is 0 Å². The van der Waals surface area contributed by atoms with Crippen LogP contribution in [0.4, 0.5) is 4.79 Å². The standard InChI is InChI=1S/C12H15NO4/c14-10-16-8-4-7-13-12(15)17-9-11-5-2-1-3-6-11/h1-3,5-6,10H,4,7-9H2,(H,13,15). The van der Waals surface area contributed by atoms with E-state index in [4.69, 9.17) is 4.74 Å². The minimum Gasteiger partial charge on any atom is -0.468 e. The van der Waals surface area contributed by atoms with Gasteiger partial charge in [-0.2, -0.15) is 0 Å². The van der Waals surface area contributed by atoms with Gasteiger partial charge in [0.15, 0.2) is 0 Å². The molecule has 1 aromatic rings. The van der Waals surface area contributed by atoms with Gasteiger partial charge in [0.05, 0.1) is 6.61 Å². The molecule has 0 aliphatic rings. The van der Waals surface area contributed by atoms with Crippen molar-refractivity contribution in [3.8, 4) is 0 Å². The van der Waals surface area contributed by atoms with Crippen molar-refractivity contribution in [2.24, 2.45) is 0 Å². The highest BCUT2D eigenvalue weighted by atomic mass is 16.5. The van der Waals surface area contributed by atoms with Crippen LogP contribution < -0.4 is 5.32 Å². The Balaban J connectivity index is 2.07. The van der Waals surface area contributed by atoms with Crippen molar-refractivity contribution in [1.82, 2.24) is 5.32 Å². The Hall–Kier alpha value is -2.04. The van der Waals surface area contributed by atoms with Gasteiger partial charge < -0.3 is 14.8 Å². The molecule has 0 aliphatic heterocycles. The average molecular weight is 237 g/mol. The SMILES string of the molecule is O=COCCCNC(=O)OCc1ccccc1. The molecule has 0 aliphatic carbocycles. The molecule has 0 saturated carbocycles. The quantitative estimate of drug-likeness (QED) is 0.576. The fraction of sp³-hybridized carbons (Fsp3) is 0.333. The van der Waals surface area contributed by atoms with E-state index in [1.165, 1.54) is 0 Å². The number of amides is 1. The molecule has 1 aromatic carbocycles. The number of carbonyl (C=O) groups excluding carboxylic acids is 2. The molecule has 5 nitrogen and oxygen atoms in total. The molecule has 17 heavy (non-hydrogen) atoms. The first-order chi connectivity index (χ1) is 8.33. The normalized spacial score (nSPS) is 9.41. The van der Waals surface area contributed by atoms with E-state index in [1.807, 2.05) is 30.3 Å². The highest BCUT2D eigenvalue weighted by Crippen LogP contribution is 2.00. The number of hydrogen-bond donors (Lipinski definition) is 1. The third kappa shape index (κ3) is 6.19. The van der Waals surface area contributed by atoms with Gasteiger partial charge in [-0.05, 0) is 12.0 Å². The summed E-state index contributed by atoms with van der Waals surface area (Å²) in [6.45, 7) is 1.34. The van der Waals surface area contributed by atoms with E-state index in [9.17, 15) is 9.59 Å². The molecule has 0 fully saturated rings. The van der Waals surface area contributed by atoms with E-state index in [1.54, 1.807) is 0 Å². The number of rotatable bonds is 7. The minimum atomic E-state index is -0.472. The van der Waals surface area contributed by atoms with E-state index in [-0.39, 0.29) is 6.61 Å². The van der Waals surface area contributed by atoms with Crippen LogP contribution in [0.15, 0.2) is 30.3 Å². The summed E-state index contributed by atoms with van der Waals surface area (Å²) >= 11 is 0. The molecule has 1 N–H and O–H groups in total. The molecular weight excluding hydrogens is 222 g/mol. The predicted molar refractivity (Wildman–Crippen MR) is 61.3 cm³/mol. The number of hydrogen-bond acceptors (Lipinski definition) is 4. The minimum absolute atomic E-state index is 0.248. The molecule has 1 rings (SSSR count). The lowest BCUT2D eigenvalue weighted by atomic mass is 10.2. The van der Waals surface area contributed by atoms with E-state index < -0.39 is 6.09 Å². The summed E-state index contributed by atoms with van der Waals surface area (Å²) in [6, 6.07) is 9.42. The maximum absolute atomic E-state index is 11.2. The first-order valence-corrected chi connectivity index (χ1v) is 5.32. The Labute approximate surface area is 99.7 Å². The van der Waals surface area contributed by atoms with E-state index in [0.29, 0.717) is 26.0 Å². The van der Waals surface area contributed by atoms with Crippen molar-refractivity contribution in [2.45, 2.75) is 13.0 Å². The van der Waals surface area contributed by atoms with Gasteiger partial charge in [-0.1, -0.05) is 30.3 Å². The molecule has 0 spiro atoms. The summed E-state index contributed by atoms with van der Waals surface area (Å²) in [5.74, 6) is 0. The lowest BCUT2D eigenvalue weighted by Crippen LogP contribution is -2.25. The second-order valence-electron chi connectivity index (χ2n) is 3.31. The number of carbonyl (C=O) groups is 2. The topological polar surface area (TPSA) is 64.6 Å². The average Bonchev–Trinajstić information content (AvgIpc) is 2.37. The molecule has 0 bridgehead atoms. The molecule has 0 unspecified atom stereocenters. The van der Waals surface area contributed by atoms with Crippen LogP contribution in [0.2, 0.25) is 0 Å². The van der Waals surface area contributed by atoms with Crippen molar-refractivity contribution in [3.63, 3.8) is 0 Å². The van der Waals surface area contributed by atoms with Crippen molar-refractivity contribution in [2.75, 3.05) is 13.2 Å². The van der Waals surface area contributed by atoms with Gasteiger partial charge in [0.2, 0.25) is 0 Å². The maximum Gasteiger partial charge on any atom is 0.407 e. The lowest BCUT2D eigenvalue weighted by Gasteiger charge is -2.06. The van der Waals surface area contributed by atoms with Crippen LogP contribution in [-0.4, -0.2) is 25.7 Å². The van der Waals surface area contributed by atoms with Crippen LogP contribution in [0.5, 0.6) is 0 Å². The first-order valence-electron chi connectivity index (χ1n) is 5.32. The van der Waals surface area contributed by atoms with Crippen LogP contribution in [0.1, 0.15) is 12.0 Å². The van der Waals surface area contributed by atoms with Crippen LogP contribution in [0.25, 0.3) is 0 Å². The third-order valence-electron chi connectivity index (χ3n) is 1.99. The van der Waals surface area contributed by atoms with Crippen molar-refractivity contribution in [1.29, 1.82) is 0 Å². The van der Waals surface area contributed by atoms with Crippen molar-refractivity contribution < 1.29 is 19.1 Å². The molecular formula is C12H15NO4. The Morgan fingerprint density at radius 1 is 1.29 bits per heavy atom. The van der Waals surface area contributed by atoms with Gasteiger partial charge in [0.25, 0.3) is 6.47 Å². The second-order valence-corrected chi connectivity index (χ2v) is 3.31. The Morgan fingerprint density at radius 3 is 2.76 bits per heavy atom. The Kier molecular flexibility index (Phi) is 6.25. The fourth-order valence-corrected chi connectivity index (χ4v) is 1.17. The van der Waals surface area contributed by atoms with Crippen molar-refractivity contribution >= 4 is 12.6 Å². The van der Waals surface area contributed by atoms with E-state index in [0.717, 1.165) is 5.56 Å². The summed E-state index contributed by atoms with van der Waals surface area (Å²) in [5, 5.41) is 2.55. The van der Waals surface area contributed by atoms with Crippen LogP contribution in [0, 0.1) is 0 Å². The highest BCUT2D eigenvalue weighted by Gasteiger charge is 2.01. The fourth-order valence-electron chi connectivity index (χ4n) is 1.17. The number of benzene rings is 1. The predicted octanol–water partition coefficient (Wildman–Crippen LogP) is 1.48. The third-order valence-corrected chi connectivity index (χ3v) is 1.99. The first kappa shape index (κ1) is 13.0. The molecule has 0 radical (unpaired) electrons. The van der Waals surface area contributed by atoms with Gasteiger partial charge >= 0.3 is 6.09 Å². The van der Waals surface area contributed by atoms with Gasteiger partial charge in [0.1, 0.15) is 6.61 Å². The summed E-state index contributed by atoms with van der Waals surface area (Å²) in [7, 11) is 0. The Morgan fingerprint density at radius 2 is 2.06 bits per heavy atom. The molecule has 0 saturated heterocycles. The molecule has 1 amide bonds. The van der Waals surface area contributed by atoms with Gasteiger partial charge in [-0.25, -0.2) is 4.79 Å². The summed E-state index contributed by atoms with van der Waals surface area (Å²) in [4.78, 5) is 21.0. The molecule has 0 atom stereocenters. The largest absolute Gasteiger partial charge is 0.468 e. The molecule has 0 heterocycles. The molecule has 5 heteroatoms. The highest BCUT2D eigenvalue weighted by molar-refractivity contribution is 5.67. The smallest absolute Gasteiger partial charge is 0.407 e. The second kappa shape index (κ2) is 8.15. The summed E-state index contributed by atoms with van der Waals surface area (Å²) < 4.78 is 9.45. The van der Waals surface area contributed by atoms with Gasteiger partial charge in [-0.15, -0.1) is 0 Å². The zero-order chi connectivity index (χ0) is 12.3. The van der Waals surface area contributed by atoms with Crippen LogP contribution in [-0.2, 0) is 20.9 Å². The monoisotopic (exact) mass is 237 g/mol. The summed E-state index contributed by atoms with van der Waals surface area (Å²) in [5.41, 5.74) is 0.937.